The van der Waals surface area contributed by atoms with Crippen LogP contribution in [-0.4, -0.2) is 44.8 Å². The number of fused-ring (bicyclic) bond motifs is 1. The van der Waals surface area contributed by atoms with Crippen molar-refractivity contribution in [1.29, 1.82) is 0 Å². The highest BCUT2D eigenvalue weighted by atomic mass is 32.3. The third-order valence-electron chi connectivity index (χ3n) is 5.56. The Morgan fingerprint density at radius 1 is 1.10 bits per heavy atom. The zero-order valence-corrected chi connectivity index (χ0v) is 18.7. The first-order chi connectivity index (χ1) is 14.2. The molecule has 1 unspecified atom stereocenters. The molecule has 0 amide bonds. The molecular formula is C18H24N4O5S3. The molecule has 12 heteroatoms. The minimum atomic E-state index is -3.96. The van der Waals surface area contributed by atoms with Gasteiger partial charge in [-0.05, 0) is 56.7 Å². The van der Waals surface area contributed by atoms with Crippen molar-refractivity contribution < 1.29 is 21.6 Å². The largest absolute Gasteiger partial charge is 0.343 e. The maximum atomic E-state index is 13.0. The van der Waals surface area contributed by atoms with Gasteiger partial charge in [-0.3, -0.25) is 5.73 Å². The van der Waals surface area contributed by atoms with Gasteiger partial charge in [0.25, 0.3) is 20.0 Å². The molecule has 164 valence electrons. The zero-order valence-electron chi connectivity index (χ0n) is 16.3. The maximum absolute atomic E-state index is 13.0. The van der Waals surface area contributed by atoms with Gasteiger partial charge in [0.05, 0.1) is 33.0 Å². The van der Waals surface area contributed by atoms with Crippen LogP contribution in [0, 0.1) is 0 Å². The molecule has 2 heterocycles. The molecule has 30 heavy (non-hydrogen) atoms. The molecule has 2 aromatic rings. The SMILES string of the molecule is NC1(Nc2nc3ccc(N(S(=O)(=O)C4CC4)S(=O)(=O)C4CC4)cc3s2)CCCCO1. The Hall–Kier alpha value is -1.47. The summed E-state index contributed by atoms with van der Waals surface area (Å²) in [6, 6.07) is 4.75. The Balaban J connectivity index is 1.51. The molecule has 5 rings (SSSR count). The third kappa shape index (κ3) is 3.68. The van der Waals surface area contributed by atoms with Crippen molar-refractivity contribution in [3.05, 3.63) is 18.2 Å². The van der Waals surface area contributed by atoms with Crippen LogP contribution in [0.25, 0.3) is 10.2 Å². The van der Waals surface area contributed by atoms with E-state index in [9.17, 15) is 16.8 Å². The first-order valence-electron chi connectivity index (χ1n) is 10.1. The summed E-state index contributed by atoms with van der Waals surface area (Å²) in [7, 11) is -7.93. The summed E-state index contributed by atoms with van der Waals surface area (Å²) in [5.74, 6) is -0.981. The average molecular weight is 473 g/mol. The Morgan fingerprint density at radius 3 is 2.33 bits per heavy atom. The average Bonchev–Trinajstić information content (AvgIpc) is 3.56. The number of ether oxygens (including phenoxy) is 1. The van der Waals surface area contributed by atoms with Gasteiger partial charge in [0, 0.05) is 6.42 Å². The number of benzene rings is 1. The number of rotatable bonds is 7. The van der Waals surface area contributed by atoms with E-state index in [-0.39, 0.29) is 5.69 Å². The van der Waals surface area contributed by atoms with Gasteiger partial charge in [-0.1, -0.05) is 11.3 Å². The molecule has 3 aliphatic rings. The number of anilines is 2. The van der Waals surface area contributed by atoms with E-state index in [1.807, 2.05) is 0 Å². The van der Waals surface area contributed by atoms with E-state index in [2.05, 4.69) is 10.3 Å². The van der Waals surface area contributed by atoms with Crippen LogP contribution < -0.4 is 14.8 Å². The first kappa shape index (κ1) is 20.4. The van der Waals surface area contributed by atoms with Crippen LogP contribution in [0.4, 0.5) is 10.8 Å². The van der Waals surface area contributed by atoms with Crippen molar-refractivity contribution in [2.45, 2.75) is 61.3 Å². The highest BCUT2D eigenvalue weighted by Gasteiger charge is 2.50. The lowest BCUT2D eigenvalue weighted by Crippen LogP contribution is -2.52. The van der Waals surface area contributed by atoms with E-state index < -0.39 is 36.4 Å². The lowest BCUT2D eigenvalue weighted by molar-refractivity contribution is -0.0531. The quantitative estimate of drug-likeness (QED) is 0.587. The van der Waals surface area contributed by atoms with Gasteiger partial charge >= 0.3 is 0 Å². The van der Waals surface area contributed by atoms with Crippen molar-refractivity contribution in [3.63, 3.8) is 0 Å². The highest BCUT2D eigenvalue weighted by Crippen LogP contribution is 2.42. The summed E-state index contributed by atoms with van der Waals surface area (Å²) in [5.41, 5.74) is 7.04. The minimum Gasteiger partial charge on any atom is -0.343 e. The van der Waals surface area contributed by atoms with E-state index in [0.29, 0.717) is 57.8 Å². The first-order valence-corrected chi connectivity index (χ1v) is 13.9. The molecule has 1 aromatic carbocycles. The number of hydrogen-bond acceptors (Lipinski definition) is 9. The van der Waals surface area contributed by atoms with Crippen LogP contribution in [0.15, 0.2) is 18.2 Å². The number of nitrogens with one attached hydrogen (secondary N) is 1. The van der Waals surface area contributed by atoms with E-state index in [1.165, 1.54) is 17.4 Å². The van der Waals surface area contributed by atoms with Crippen molar-refractivity contribution in [1.82, 2.24) is 4.98 Å². The smallest absolute Gasteiger partial charge is 0.251 e. The molecule has 0 radical (unpaired) electrons. The van der Waals surface area contributed by atoms with Gasteiger partial charge in [0.1, 0.15) is 0 Å². The van der Waals surface area contributed by atoms with Gasteiger partial charge in [-0.25, -0.2) is 21.8 Å². The van der Waals surface area contributed by atoms with Crippen molar-refractivity contribution in [3.8, 4) is 0 Å². The minimum absolute atomic E-state index is 0.146. The summed E-state index contributed by atoms with van der Waals surface area (Å²) in [6.45, 7) is 0.575. The molecule has 0 spiro atoms. The molecule has 2 saturated carbocycles. The van der Waals surface area contributed by atoms with Crippen LogP contribution >= 0.6 is 11.3 Å². The monoisotopic (exact) mass is 472 g/mol. The summed E-state index contributed by atoms with van der Waals surface area (Å²) < 4.78 is 59.0. The zero-order chi connectivity index (χ0) is 21.1. The highest BCUT2D eigenvalue weighted by molar-refractivity contribution is 8.11. The van der Waals surface area contributed by atoms with Gasteiger partial charge < -0.3 is 10.1 Å². The molecule has 2 aliphatic carbocycles. The number of nitrogens with two attached hydrogens (primary N) is 1. The Labute approximate surface area is 179 Å². The van der Waals surface area contributed by atoms with Crippen LogP contribution in [0.2, 0.25) is 0 Å². The fraction of sp³-hybridized carbons (Fsp3) is 0.611. The number of hydrogen-bond donors (Lipinski definition) is 2. The van der Waals surface area contributed by atoms with Gasteiger partial charge in [0.15, 0.2) is 11.0 Å². The fourth-order valence-corrected chi connectivity index (χ4v) is 9.30. The van der Waals surface area contributed by atoms with Gasteiger partial charge in [-0.15, -0.1) is 0 Å². The molecule has 3 fully saturated rings. The molecule has 1 saturated heterocycles. The van der Waals surface area contributed by atoms with Crippen molar-refractivity contribution >= 4 is 52.4 Å². The van der Waals surface area contributed by atoms with Gasteiger partial charge in [0.2, 0.25) is 0 Å². The number of nitrogens with zero attached hydrogens (tertiary/aromatic N) is 2. The summed E-state index contributed by atoms with van der Waals surface area (Å²) in [6.07, 6.45) is 4.54. The predicted octanol–water partition coefficient (Wildman–Crippen LogP) is 2.31. The van der Waals surface area contributed by atoms with E-state index in [0.717, 1.165) is 12.8 Å². The van der Waals surface area contributed by atoms with E-state index >= 15 is 0 Å². The van der Waals surface area contributed by atoms with Crippen molar-refractivity contribution in [2.24, 2.45) is 5.73 Å². The second kappa shape index (κ2) is 7.02. The molecule has 1 aromatic heterocycles. The Morgan fingerprint density at radius 2 is 1.77 bits per heavy atom. The fourth-order valence-electron chi connectivity index (χ4n) is 3.62. The molecular weight excluding hydrogens is 448 g/mol. The number of thiazole rings is 1. The van der Waals surface area contributed by atoms with E-state index in [1.54, 1.807) is 12.1 Å². The Kier molecular flexibility index (Phi) is 4.78. The number of aromatic nitrogens is 1. The van der Waals surface area contributed by atoms with Crippen LogP contribution in [0.5, 0.6) is 0 Å². The second-order valence-corrected chi connectivity index (χ2v) is 13.6. The Bertz CT molecular complexity index is 1140. The lowest BCUT2D eigenvalue weighted by atomic mass is 10.1. The lowest BCUT2D eigenvalue weighted by Gasteiger charge is -2.33. The molecule has 1 aliphatic heterocycles. The van der Waals surface area contributed by atoms with Gasteiger partial charge in [-0.2, -0.15) is 3.71 Å². The normalized spacial score (nSPS) is 25.4. The van der Waals surface area contributed by atoms with E-state index in [4.69, 9.17) is 10.5 Å². The molecule has 9 nitrogen and oxygen atoms in total. The summed E-state index contributed by atoms with van der Waals surface area (Å²) >= 11 is 1.29. The maximum Gasteiger partial charge on any atom is 0.251 e. The third-order valence-corrected chi connectivity index (χ3v) is 11.7. The predicted molar refractivity (Wildman–Crippen MR) is 116 cm³/mol. The van der Waals surface area contributed by atoms with Crippen LogP contribution in [0.1, 0.15) is 44.9 Å². The molecule has 1 atom stereocenters. The van der Waals surface area contributed by atoms with Crippen LogP contribution in [0.3, 0.4) is 0 Å². The molecule has 3 N–H and O–H groups in total. The topological polar surface area (TPSA) is 132 Å². The molecule has 0 bridgehead atoms. The number of sulfonamides is 2. The second-order valence-electron chi connectivity index (χ2n) is 8.18. The van der Waals surface area contributed by atoms with Crippen molar-refractivity contribution in [2.75, 3.05) is 15.6 Å². The summed E-state index contributed by atoms with van der Waals surface area (Å²) in [4.78, 5) is 4.50. The standard InChI is InChI=1S/C18H24N4O5S3/c19-18(9-1-2-10-27-18)21-17-20-15-8-3-12(11-16(15)28-17)22(29(23,24)13-4-5-13)30(25,26)14-6-7-14/h3,8,11,13-14H,1-2,4-7,9-10,19H2,(H,20,21). The van der Waals surface area contributed by atoms with Crippen LogP contribution in [-0.2, 0) is 24.8 Å². The summed E-state index contributed by atoms with van der Waals surface area (Å²) in [5, 5.41) is 2.43.